The highest BCUT2D eigenvalue weighted by Crippen LogP contribution is 2.20. The maximum atomic E-state index is 12.3. The summed E-state index contributed by atoms with van der Waals surface area (Å²) in [5.41, 5.74) is 0.990. The van der Waals surface area contributed by atoms with Crippen LogP contribution < -0.4 is 10.9 Å². The number of aromatic amines is 1. The molecule has 0 bridgehead atoms. The number of rotatable bonds is 5. The van der Waals surface area contributed by atoms with Crippen LogP contribution in [0, 0.1) is 0 Å². The predicted octanol–water partition coefficient (Wildman–Crippen LogP) is 3.52. The van der Waals surface area contributed by atoms with Crippen molar-refractivity contribution in [2.75, 3.05) is 11.1 Å². The molecule has 8 nitrogen and oxygen atoms in total. The lowest BCUT2D eigenvalue weighted by atomic mass is 10.2. The quantitative estimate of drug-likeness (QED) is 0.454. The molecular formula is C18H12Cl2N6O2S. The molecule has 0 saturated heterocycles. The molecule has 0 aliphatic carbocycles. The lowest BCUT2D eigenvalue weighted by Gasteiger charge is -2.05. The van der Waals surface area contributed by atoms with Gasteiger partial charge in [-0.1, -0.05) is 53.2 Å². The number of anilines is 1. The number of carbonyl (C=O) groups is 1. The van der Waals surface area contributed by atoms with E-state index in [1.807, 2.05) is 0 Å². The molecule has 0 unspecified atom stereocenters. The standard InChI is InChI=1S/C18H12Cl2N6O2S/c19-11-6-4-10(5-7-11)15-16(28)22-17-23-24-18(26(17)25-15)29-9-14(27)21-13-3-1-2-12(20)8-13/h1-8H,9H2,(H,21,27)(H,22,23,28). The fraction of sp³-hybridized carbons (Fsp3) is 0.0556. The molecule has 0 saturated carbocycles. The fourth-order valence-electron chi connectivity index (χ4n) is 2.52. The molecule has 0 aliphatic rings. The van der Waals surface area contributed by atoms with Crippen LogP contribution in [0.1, 0.15) is 0 Å². The topological polar surface area (TPSA) is 105 Å². The average Bonchev–Trinajstić information content (AvgIpc) is 3.08. The van der Waals surface area contributed by atoms with Gasteiger partial charge in [0.05, 0.1) is 5.75 Å². The Kier molecular flexibility index (Phi) is 5.52. The molecule has 29 heavy (non-hydrogen) atoms. The maximum Gasteiger partial charge on any atom is 0.279 e. The summed E-state index contributed by atoms with van der Waals surface area (Å²) in [6.07, 6.45) is 0. The van der Waals surface area contributed by atoms with Crippen molar-refractivity contribution in [1.29, 1.82) is 0 Å². The lowest BCUT2D eigenvalue weighted by molar-refractivity contribution is -0.113. The highest BCUT2D eigenvalue weighted by molar-refractivity contribution is 7.99. The van der Waals surface area contributed by atoms with E-state index in [9.17, 15) is 9.59 Å². The van der Waals surface area contributed by atoms with Gasteiger partial charge in [-0.2, -0.15) is 9.61 Å². The van der Waals surface area contributed by atoms with Crippen LogP contribution in [0.4, 0.5) is 5.69 Å². The van der Waals surface area contributed by atoms with Crippen LogP contribution in [-0.4, -0.2) is 36.5 Å². The van der Waals surface area contributed by atoms with Gasteiger partial charge in [-0.05, 0) is 30.3 Å². The van der Waals surface area contributed by atoms with Crippen molar-refractivity contribution in [3.05, 3.63) is 68.9 Å². The van der Waals surface area contributed by atoms with Crippen molar-refractivity contribution in [2.45, 2.75) is 5.16 Å². The lowest BCUT2D eigenvalue weighted by Crippen LogP contribution is -2.16. The number of benzene rings is 2. The molecule has 0 atom stereocenters. The normalized spacial score (nSPS) is 11.0. The first-order chi connectivity index (χ1) is 14.0. The molecule has 146 valence electrons. The van der Waals surface area contributed by atoms with E-state index in [4.69, 9.17) is 23.2 Å². The van der Waals surface area contributed by atoms with Gasteiger partial charge in [0.25, 0.3) is 11.3 Å². The molecule has 11 heteroatoms. The van der Waals surface area contributed by atoms with Gasteiger partial charge in [0, 0.05) is 21.3 Å². The number of aromatic nitrogens is 5. The summed E-state index contributed by atoms with van der Waals surface area (Å²) >= 11 is 13.0. The third-order valence-corrected chi connectivity index (χ3v) is 5.22. The number of hydrogen-bond donors (Lipinski definition) is 2. The van der Waals surface area contributed by atoms with Crippen molar-refractivity contribution in [3.8, 4) is 11.3 Å². The van der Waals surface area contributed by atoms with E-state index in [1.54, 1.807) is 48.5 Å². The number of hydrogen-bond acceptors (Lipinski definition) is 6. The Bertz CT molecular complexity index is 1260. The smallest absolute Gasteiger partial charge is 0.279 e. The Balaban J connectivity index is 1.55. The largest absolute Gasteiger partial charge is 0.325 e. The molecule has 1 amide bonds. The minimum absolute atomic E-state index is 0.0738. The van der Waals surface area contributed by atoms with Crippen molar-refractivity contribution < 1.29 is 4.79 Å². The molecule has 0 aliphatic heterocycles. The zero-order valence-corrected chi connectivity index (χ0v) is 16.9. The van der Waals surface area contributed by atoms with Crippen LogP contribution in [0.15, 0.2) is 58.5 Å². The van der Waals surface area contributed by atoms with Crippen LogP contribution in [0.2, 0.25) is 10.0 Å². The SMILES string of the molecule is O=C(CSc1nnc2[nH]c(=O)c(-c3ccc(Cl)cc3)nn12)Nc1cccc(Cl)c1. The van der Waals surface area contributed by atoms with Gasteiger partial charge in [-0.25, -0.2) is 0 Å². The number of amides is 1. The van der Waals surface area contributed by atoms with Crippen molar-refractivity contribution in [1.82, 2.24) is 24.8 Å². The van der Waals surface area contributed by atoms with Crippen molar-refractivity contribution in [3.63, 3.8) is 0 Å². The zero-order chi connectivity index (χ0) is 20.4. The molecule has 2 aromatic heterocycles. The van der Waals surface area contributed by atoms with Crippen LogP contribution in [0.3, 0.4) is 0 Å². The number of nitrogens with zero attached hydrogens (tertiary/aromatic N) is 4. The fourth-order valence-corrected chi connectivity index (χ4v) is 3.52. The molecule has 4 rings (SSSR count). The Hall–Kier alpha value is -2.88. The highest BCUT2D eigenvalue weighted by atomic mass is 35.5. The summed E-state index contributed by atoms with van der Waals surface area (Å²) < 4.78 is 1.39. The van der Waals surface area contributed by atoms with E-state index in [-0.39, 0.29) is 23.1 Å². The zero-order valence-electron chi connectivity index (χ0n) is 14.6. The first-order valence-electron chi connectivity index (χ1n) is 8.29. The summed E-state index contributed by atoms with van der Waals surface area (Å²) in [6.45, 7) is 0. The average molecular weight is 447 g/mol. The predicted molar refractivity (Wildman–Crippen MR) is 113 cm³/mol. The second kappa shape index (κ2) is 8.24. The van der Waals surface area contributed by atoms with E-state index in [0.29, 0.717) is 26.5 Å². The minimum atomic E-state index is -0.400. The molecule has 4 aromatic rings. The second-order valence-corrected chi connectivity index (χ2v) is 7.69. The summed E-state index contributed by atoms with van der Waals surface area (Å²) in [5, 5.41) is 16.5. The molecule has 2 aromatic carbocycles. The molecule has 2 heterocycles. The summed E-state index contributed by atoms with van der Waals surface area (Å²) in [6, 6.07) is 13.6. The maximum absolute atomic E-state index is 12.3. The van der Waals surface area contributed by atoms with Gasteiger partial charge in [-0.15, -0.1) is 10.2 Å². The molecule has 2 N–H and O–H groups in total. The number of carbonyl (C=O) groups excluding carboxylic acids is 1. The monoisotopic (exact) mass is 446 g/mol. The van der Waals surface area contributed by atoms with Crippen LogP contribution in [0.5, 0.6) is 0 Å². The summed E-state index contributed by atoms with van der Waals surface area (Å²) in [4.78, 5) is 27.2. The van der Waals surface area contributed by atoms with Gasteiger partial charge in [0.2, 0.25) is 11.1 Å². The summed E-state index contributed by atoms with van der Waals surface area (Å²) in [7, 11) is 0. The minimum Gasteiger partial charge on any atom is -0.325 e. The van der Waals surface area contributed by atoms with Crippen molar-refractivity contribution in [2.24, 2.45) is 0 Å². The third kappa shape index (κ3) is 4.42. The van der Waals surface area contributed by atoms with E-state index in [2.05, 4.69) is 25.6 Å². The van der Waals surface area contributed by atoms with E-state index < -0.39 is 5.56 Å². The highest BCUT2D eigenvalue weighted by Gasteiger charge is 2.14. The Morgan fingerprint density at radius 3 is 2.66 bits per heavy atom. The summed E-state index contributed by atoms with van der Waals surface area (Å²) in [5.74, 6) is 0.0199. The van der Waals surface area contributed by atoms with Gasteiger partial charge in [0.15, 0.2) is 5.69 Å². The number of nitrogens with one attached hydrogen (secondary N) is 2. The van der Waals surface area contributed by atoms with Gasteiger partial charge >= 0.3 is 0 Å². The van der Waals surface area contributed by atoms with Crippen LogP contribution >= 0.6 is 35.0 Å². The molecule has 0 spiro atoms. The molecule has 0 radical (unpaired) electrons. The second-order valence-electron chi connectivity index (χ2n) is 5.87. The Morgan fingerprint density at radius 2 is 1.90 bits per heavy atom. The van der Waals surface area contributed by atoms with Crippen molar-refractivity contribution >= 4 is 52.3 Å². The van der Waals surface area contributed by atoms with E-state index in [1.165, 1.54) is 4.52 Å². The van der Waals surface area contributed by atoms with E-state index in [0.717, 1.165) is 11.8 Å². The van der Waals surface area contributed by atoms with Gasteiger partial charge in [-0.3, -0.25) is 14.6 Å². The molecule has 0 fully saturated rings. The van der Waals surface area contributed by atoms with Gasteiger partial charge < -0.3 is 5.32 Å². The van der Waals surface area contributed by atoms with E-state index >= 15 is 0 Å². The number of halogens is 2. The molecular weight excluding hydrogens is 435 g/mol. The third-order valence-electron chi connectivity index (χ3n) is 3.81. The Morgan fingerprint density at radius 1 is 1.10 bits per heavy atom. The van der Waals surface area contributed by atoms with Crippen LogP contribution in [0.25, 0.3) is 17.0 Å². The first kappa shape index (κ1) is 19.4. The first-order valence-corrected chi connectivity index (χ1v) is 10.0. The van der Waals surface area contributed by atoms with Crippen LogP contribution in [-0.2, 0) is 4.79 Å². The van der Waals surface area contributed by atoms with Gasteiger partial charge in [0.1, 0.15) is 0 Å². The number of fused-ring (bicyclic) bond motifs is 1. The Labute approximate surface area is 178 Å². The number of thioether (sulfide) groups is 1. The number of H-pyrrole nitrogens is 1.